The summed E-state index contributed by atoms with van der Waals surface area (Å²) >= 11 is 0. The summed E-state index contributed by atoms with van der Waals surface area (Å²) in [5, 5.41) is 12.3. The Morgan fingerprint density at radius 2 is 1.11 bits per heavy atom. The van der Waals surface area contributed by atoms with Gasteiger partial charge in [0.05, 0.1) is 29.9 Å². The van der Waals surface area contributed by atoms with E-state index in [-0.39, 0.29) is 57.6 Å². The van der Waals surface area contributed by atoms with E-state index in [1.807, 2.05) is 19.9 Å². The number of hydrogen-bond donors (Lipinski definition) is 1. The minimum absolute atomic E-state index is 0.0431. The number of ether oxygens (including phenoxy) is 6. The summed E-state index contributed by atoms with van der Waals surface area (Å²) in [4.78, 5) is 44.5. The van der Waals surface area contributed by atoms with E-state index in [1.165, 1.54) is 25.7 Å². The average molecular weight is 1120 g/mol. The predicted molar refractivity (Wildman–Crippen MR) is 309 cm³/mol. The van der Waals surface area contributed by atoms with Gasteiger partial charge >= 0.3 is 11.9 Å². The second kappa shape index (κ2) is 26.8. The van der Waals surface area contributed by atoms with Gasteiger partial charge in [-0.25, -0.2) is 9.59 Å². The van der Waals surface area contributed by atoms with E-state index in [4.69, 9.17) is 41.7 Å². The molecule has 2 heterocycles. The Morgan fingerprint density at radius 1 is 0.632 bits per heavy atom. The van der Waals surface area contributed by atoms with Crippen molar-refractivity contribution in [2.75, 3.05) is 6.61 Å². The van der Waals surface area contributed by atoms with Crippen molar-refractivity contribution in [3.63, 3.8) is 0 Å². The molecule has 432 valence electrons. The molecule has 76 heavy (non-hydrogen) atoms. The summed E-state index contributed by atoms with van der Waals surface area (Å²) in [5.74, 6) is -3.94. The van der Waals surface area contributed by atoms with Gasteiger partial charge in [0, 0.05) is 12.8 Å². The van der Waals surface area contributed by atoms with E-state index >= 15 is 4.79 Å². The molecule has 2 fully saturated rings. The first-order valence-electron chi connectivity index (χ1n) is 28.3. The van der Waals surface area contributed by atoms with Gasteiger partial charge in [-0.05, 0) is 113 Å². The fourth-order valence-electron chi connectivity index (χ4n) is 8.92. The Morgan fingerprint density at radius 3 is 1.59 bits per heavy atom. The number of benzene rings is 2. The largest absolute Gasteiger partial charge is 0.455 e. The van der Waals surface area contributed by atoms with Crippen molar-refractivity contribution in [2.24, 2.45) is 0 Å². The van der Waals surface area contributed by atoms with E-state index in [0.29, 0.717) is 6.42 Å². The number of carbonyl (C=O) groups excluding carboxylic acids is 3. The molecular formula is C60H102O13Si3. The lowest BCUT2D eigenvalue weighted by molar-refractivity contribution is -0.172. The molecule has 2 saturated heterocycles. The van der Waals surface area contributed by atoms with Gasteiger partial charge in [-0.1, -0.05) is 151 Å². The lowest BCUT2D eigenvalue weighted by Crippen LogP contribution is -2.58. The first-order valence-corrected chi connectivity index (χ1v) is 37.1. The van der Waals surface area contributed by atoms with Crippen molar-refractivity contribution in [1.82, 2.24) is 0 Å². The molecule has 2 aromatic rings. The Bertz CT molecular complexity index is 2130. The van der Waals surface area contributed by atoms with Gasteiger partial charge in [-0.3, -0.25) is 4.79 Å². The van der Waals surface area contributed by atoms with Crippen molar-refractivity contribution in [1.29, 1.82) is 0 Å². The van der Waals surface area contributed by atoms with Crippen LogP contribution >= 0.6 is 0 Å². The van der Waals surface area contributed by atoms with E-state index in [9.17, 15) is 14.7 Å². The fourth-order valence-corrected chi connectivity index (χ4v) is 12.9. The molecule has 0 aromatic heterocycles. The molecule has 13 nitrogen and oxygen atoms in total. The lowest BCUT2D eigenvalue weighted by atomic mass is 9.91. The number of Topliss-reactive ketones (excluding diaryl/α,β-unsaturated/α-hetero) is 1. The maximum atomic E-state index is 15.4. The van der Waals surface area contributed by atoms with Gasteiger partial charge in [0.25, 0.3) is 0 Å². The number of ketones is 1. The van der Waals surface area contributed by atoms with Crippen LogP contribution in [0.1, 0.15) is 182 Å². The third kappa shape index (κ3) is 18.7. The molecule has 2 aromatic carbocycles. The number of carbonyl (C=O) groups is 3. The van der Waals surface area contributed by atoms with Crippen molar-refractivity contribution >= 4 is 42.7 Å². The second-order valence-corrected chi connectivity index (χ2v) is 41.3. The molecule has 2 aliphatic heterocycles. The third-order valence-electron chi connectivity index (χ3n) is 16.5. The molecule has 0 bridgehead atoms. The maximum absolute atomic E-state index is 15.4. The first-order chi connectivity index (χ1) is 34.9. The van der Waals surface area contributed by atoms with E-state index in [2.05, 4.69) is 109 Å². The van der Waals surface area contributed by atoms with Gasteiger partial charge in [-0.2, -0.15) is 0 Å². The molecule has 0 radical (unpaired) electrons. The molecule has 16 heteroatoms. The highest BCUT2D eigenvalue weighted by Crippen LogP contribution is 2.44. The number of aliphatic hydroxyl groups is 1. The van der Waals surface area contributed by atoms with Crippen LogP contribution in [0.5, 0.6) is 0 Å². The summed E-state index contributed by atoms with van der Waals surface area (Å²) < 4.78 is 61.0. The van der Waals surface area contributed by atoms with Crippen molar-refractivity contribution in [2.45, 2.75) is 282 Å². The number of rotatable bonds is 28. The van der Waals surface area contributed by atoms with Crippen molar-refractivity contribution in [3.8, 4) is 0 Å². The van der Waals surface area contributed by atoms with Gasteiger partial charge in [0.2, 0.25) is 0 Å². The van der Waals surface area contributed by atoms with E-state index < -0.39 is 97.3 Å². The van der Waals surface area contributed by atoms with Gasteiger partial charge < -0.3 is 46.8 Å². The molecule has 0 spiro atoms. The molecule has 1 N–H and O–H groups in total. The van der Waals surface area contributed by atoms with Gasteiger partial charge in [0.1, 0.15) is 36.6 Å². The monoisotopic (exact) mass is 1110 g/mol. The van der Waals surface area contributed by atoms with Crippen LogP contribution in [0, 0.1) is 0 Å². The Kier molecular flexibility index (Phi) is 23.2. The topological polar surface area (TPSA) is 155 Å². The summed E-state index contributed by atoms with van der Waals surface area (Å²) in [6.07, 6.45) is -1.47. The van der Waals surface area contributed by atoms with Crippen LogP contribution in [0.25, 0.3) is 0 Å². The molecule has 2 aliphatic rings. The highest BCUT2D eigenvalue weighted by molar-refractivity contribution is 6.75. The number of aliphatic hydroxyl groups excluding tert-OH is 1. The average Bonchev–Trinajstić information content (AvgIpc) is 3.83. The maximum Gasteiger partial charge on any atom is 0.338 e. The van der Waals surface area contributed by atoms with Gasteiger partial charge in [-0.15, -0.1) is 0 Å². The zero-order chi connectivity index (χ0) is 57.3. The SMILES string of the molecule is CCCCCCCCC[C@H](CC(=O)[C@@H](O[Si](C)(C)C(C)(C)C)[C@@H](O)[C@@H]1OC(C)(C)O[C@@H]1C[C@@H](OC(=O)c1ccccc1)[C@H](OC(=O)c1ccccc1)[C@@H](O[Si](C)(C)C(C)(C)C)[C@H]1COC(C)(C)O1)O[Si](C)(C)C(C)(C)C. The van der Waals surface area contributed by atoms with Crippen molar-refractivity contribution < 1.29 is 61.2 Å². The molecule has 9 atom stereocenters. The lowest BCUT2D eigenvalue weighted by Gasteiger charge is -2.44. The summed E-state index contributed by atoms with van der Waals surface area (Å²) in [7, 11) is -7.92. The standard InChI is InChI=1S/C60H102O13Si3/c1-21-22-23-24-25-26-33-38-44(71-74(15,16)56(2,3)4)39-45(61)50(72-75(17,18)57(5,6)7)49(62)51-47(68-60(13,14)70-51)40-46(66-54(63)42-34-29-27-30-35-42)52(67-55(64)43-36-31-28-32-37-43)53(48-41-65-59(11,12)69-48)73-76(19,20)58(8,9)10/h27-32,34-37,44,46-53,62H,21-26,33,38-41H2,1-20H3/t44-,46-,47-,48-,49-,50-,51-,52+,53+/m1/s1. The van der Waals surface area contributed by atoms with Crippen molar-refractivity contribution in [3.05, 3.63) is 71.8 Å². The smallest absolute Gasteiger partial charge is 0.338 e. The highest BCUT2D eigenvalue weighted by atomic mass is 28.4. The van der Waals surface area contributed by atoms with Crippen LogP contribution in [0.15, 0.2) is 60.7 Å². The predicted octanol–water partition coefficient (Wildman–Crippen LogP) is 14.1. The number of hydrogen-bond acceptors (Lipinski definition) is 13. The summed E-state index contributed by atoms with van der Waals surface area (Å²) in [6.45, 7) is 41.4. The molecular weight excluding hydrogens is 1010 g/mol. The van der Waals surface area contributed by atoms with Crippen LogP contribution in [0.4, 0.5) is 0 Å². The minimum Gasteiger partial charge on any atom is -0.455 e. The Hall–Kier alpha value is -2.62. The minimum atomic E-state index is -2.79. The van der Waals surface area contributed by atoms with Crippen LogP contribution in [-0.2, 0) is 46.5 Å². The van der Waals surface area contributed by atoms with E-state index in [0.717, 1.165) is 19.3 Å². The molecule has 4 rings (SSSR count). The second-order valence-electron chi connectivity index (χ2n) is 27.0. The Balaban J connectivity index is 1.89. The number of esters is 2. The summed E-state index contributed by atoms with van der Waals surface area (Å²) in [5.41, 5.74) is 0.543. The van der Waals surface area contributed by atoms with Gasteiger partial charge in [0.15, 0.2) is 48.4 Å². The zero-order valence-electron chi connectivity index (χ0n) is 50.6. The van der Waals surface area contributed by atoms with Crippen LogP contribution in [0.3, 0.4) is 0 Å². The van der Waals surface area contributed by atoms with E-state index in [1.54, 1.807) is 68.4 Å². The highest BCUT2D eigenvalue weighted by Gasteiger charge is 2.56. The van der Waals surface area contributed by atoms with Crippen LogP contribution in [-0.4, -0.2) is 121 Å². The quantitative estimate of drug-likeness (QED) is 0.0489. The zero-order valence-corrected chi connectivity index (χ0v) is 53.6. The first kappa shape index (κ1) is 65.9. The summed E-state index contributed by atoms with van der Waals surface area (Å²) in [6, 6.07) is 17.2. The fraction of sp³-hybridized carbons (Fsp3) is 0.750. The number of unbranched alkanes of at least 4 members (excludes halogenated alkanes) is 6. The molecule has 0 aliphatic carbocycles. The molecule has 0 amide bonds. The Labute approximate surface area is 462 Å². The van der Waals surface area contributed by atoms with Crippen LogP contribution < -0.4 is 0 Å². The third-order valence-corrected chi connectivity index (χ3v) is 30.0. The molecule has 0 unspecified atom stereocenters. The molecule has 0 saturated carbocycles. The normalized spacial score (nSPS) is 21.8. The van der Waals surface area contributed by atoms with Crippen LogP contribution in [0.2, 0.25) is 54.4 Å².